The second-order valence-electron chi connectivity index (χ2n) is 7.85. The van der Waals surface area contributed by atoms with Crippen LogP contribution in [-0.2, 0) is 6.54 Å². The first-order valence-corrected chi connectivity index (χ1v) is 10.5. The molecule has 30 heavy (non-hydrogen) atoms. The average Bonchev–Trinajstić information content (AvgIpc) is 3.24. The van der Waals surface area contributed by atoms with Crippen molar-refractivity contribution >= 4 is 0 Å². The molecule has 0 radical (unpaired) electrons. The minimum absolute atomic E-state index is 0.257. The lowest BCUT2D eigenvalue weighted by Crippen LogP contribution is -2.10. The first-order valence-electron chi connectivity index (χ1n) is 10.5. The number of nitrogens with zero attached hydrogens (tertiary/aromatic N) is 2. The highest BCUT2D eigenvalue weighted by molar-refractivity contribution is 5.37. The third-order valence-electron chi connectivity index (χ3n) is 5.78. The highest BCUT2D eigenvalue weighted by atomic mass is 16.3. The van der Waals surface area contributed by atoms with Crippen molar-refractivity contribution in [3.8, 4) is 0 Å². The smallest absolute Gasteiger partial charge is 0.0956 e. The van der Waals surface area contributed by atoms with Crippen LogP contribution in [0.2, 0.25) is 0 Å². The molecule has 0 aliphatic rings. The largest absolute Gasteiger partial charge is 0.387 e. The molecule has 1 aromatic heterocycles. The monoisotopic (exact) mass is 396 g/mol. The van der Waals surface area contributed by atoms with Crippen LogP contribution in [0.25, 0.3) is 0 Å². The Kier molecular flexibility index (Phi) is 6.41. The molecule has 4 rings (SSSR count). The van der Waals surface area contributed by atoms with Crippen LogP contribution in [0.1, 0.15) is 52.8 Å². The Morgan fingerprint density at radius 1 is 0.833 bits per heavy atom. The van der Waals surface area contributed by atoms with E-state index in [0.717, 1.165) is 12.1 Å². The summed E-state index contributed by atoms with van der Waals surface area (Å²) >= 11 is 0. The van der Waals surface area contributed by atoms with Gasteiger partial charge in [-0.2, -0.15) is 0 Å². The maximum Gasteiger partial charge on any atom is 0.0956 e. The topological polar surface area (TPSA) is 38.1 Å². The highest BCUT2D eigenvalue weighted by Crippen LogP contribution is 2.34. The van der Waals surface area contributed by atoms with E-state index in [4.69, 9.17) is 0 Å². The van der Waals surface area contributed by atoms with E-state index in [9.17, 15) is 5.11 Å². The summed E-state index contributed by atoms with van der Waals surface area (Å²) in [7, 11) is 0. The minimum atomic E-state index is -0.550. The highest BCUT2D eigenvalue weighted by Gasteiger charge is 2.20. The van der Waals surface area contributed by atoms with Crippen molar-refractivity contribution in [2.24, 2.45) is 0 Å². The molecule has 0 fully saturated rings. The molecule has 0 saturated carbocycles. The third-order valence-corrected chi connectivity index (χ3v) is 5.78. The molecule has 0 aliphatic heterocycles. The quantitative estimate of drug-likeness (QED) is 0.403. The Morgan fingerprint density at radius 3 is 2.23 bits per heavy atom. The van der Waals surface area contributed by atoms with Gasteiger partial charge in [0.05, 0.1) is 24.3 Å². The molecule has 1 N–H and O–H groups in total. The second-order valence-corrected chi connectivity index (χ2v) is 7.85. The van der Waals surface area contributed by atoms with E-state index < -0.39 is 6.10 Å². The van der Waals surface area contributed by atoms with Crippen LogP contribution in [0, 0.1) is 6.92 Å². The lowest BCUT2D eigenvalue weighted by Gasteiger charge is -2.22. The van der Waals surface area contributed by atoms with Gasteiger partial charge in [-0.15, -0.1) is 0 Å². The van der Waals surface area contributed by atoms with Crippen molar-refractivity contribution in [3.63, 3.8) is 0 Å². The summed E-state index contributed by atoms with van der Waals surface area (Å²) in [5.41, 5.74) is 5.97. The summed E-state index contributed by atoms with van der Waals surface area (Å²) in [4.78, 5) is 4.30. The van der Waals surface area contributed by atoms with Gasteiger partial charge in [0.25, 0.3) is 0 Å². The van der Waals surface area contributed by atoms with Gasteiger partial charge < -0.3 is 9.67 Å². The fourth-order valence-corrected chi connectivity index (χ4v) is 4.16. The number of aliphatic hydroxyl groups excluding tert-OH is 1. The van der Waals surface area contributed by atoms with Crippen LogP contribution in [-0.4, -0.2) is 14.7 Å². The fourth-order valence-electron chi connectivity index (χ4n) is 4.16. The number of rotatable bonds is 8. The maximum atomic E-state index is 11.0. The van der Waals surface area contributed by atoms with Crippen molar-refractivity contribution in [2.45, 2.75) is 38.3 Å². The summed E-state index contributed by atoms with van der Waals surface area (Å²) in [6.45, 7) is 2.88. The van der Waals surface area contributed by atoms with E-state index in [1.165, 1.54) is 22.3 Å². The van der Waals surface area contributed by atoms with Gasteiger partial charge in [0.1, 0.15) is 0 Å². The molecule has 0 amide bonds. The molecule has 3 heteroatoms. The van der Waals surface area contributed by atoms with E-state index >= 15 is 0 Å². The van der Waals surface area contributed by atoms with Crippen LogP contribution in [0.4, 0.5) is 0 Å². The molecule has 2 unspecified atom stereocenters. The van der Waals surface area contributed by atoms with E-state index in [-0.39, 0.29) is 5.92 Å². The van der Waals surface area contributed by atoms with Crippen molar-refractivity contribution in [1.29, 1.82) is 0 Å². The van der Waals surface area contributed by atoms with Gasteiger partial charge in [-0.25, -0.2) is 4.98 Å². The molecule has 1 heterocycles. The van der Waals surface area contributed by atoms with Crippen LogP contribution >= 0.6 is 0 Å². The van der Waals surface area contributed by atoms with Crippen LogP contribution < -0.4 is 0 Å². The maximum absolute atomic E-state index is 11.0. The number of hydrogen-bond acceptors (Lipinski definition) is 2. The van der Waals surface area contributed by atoms with Gasteiger partial charge in [0.15, 0.2) is 0 Å². The molecule has 152 valence electrons. The summed E-state index contributed by atoms with van der Waals surface area (Å²) in [5, 5.41) is 11.0. The summed E-state index contributed by atoms with van der Waals surface area (Å²) < 4.78 is 2.05. The van der Waals surface area contributed by atoms with E-state index in [1.54, 1.807) is 6.20 Å². The number of hydrogen-bond donors (Lipinski definition) is 1. The molecule has 0 saturated heterocycles. The molecule has 0 aliphatic carbocycles. The van der Waals surface area contributed by atoms with Crippen LogP contribution in [0.3, 0.4) is 0 Å². The average molecular weight is 397 g/mol. The van der Waals surface area contributed by atoms with Crippen molar-refractivity contribution in [3.05, 3.63) is 125 Å². The van der Waals surface area contributed by atoms with E-state index in [0.29, 0.717) is 13.0 Å². The normalized spacial score (nSPS) is 13.1. The number of imidazole rings is 1. The van der Waals surface area contributed by atoms with E-state index in [1.807, 2.05) is 29.1 Å². The first-order chi connectivity index (χ1) is 14.7. The van der Waals surface area contributed by atoms with Gasteiger partial charge in [0, 0.05) is 12.5 Å². The number of aromatic nitrogens is 2. The van der Waals surface area contributed by atoms with Crippen LogP contribution in [0.5, 0.6) is 0 Å². The second kappa shape index (κ2) is 9.55. The van der Waals surface area contributed by atoms with Gasteiger partial charge in [-0.1, -0.05) is 84.9 Å². The zero-order chi connectivity index (χ0) is 20.8. The van der Waals surface area contributed by atoms with Gasteiger partial charge in [0.2, 0.25) is 0 Å². The lowest BCUT2D eigenvalue weighted by molar-refractivity contribution is 0.154. The Balaban J connectivity index is 1.52. The molecule has 0 bridgehead atoms. The molecule has 2 atom stereocenters. The molecule has 0 spiro atoms. The Hall–Kier alpha value is -3.17. The first kappa shape index (κ1) is 20.1. The van der Waals surface area contributed by atoms with Gasteiger partial charge in [-0.3, -0.25) is 0 Å². The summed E-state index contributed by atoms with van der Waals surface area (Å²) in [5.74, 6) is 0.257. The fraction of sp³-hybridized carbons (Fsp3) is 0.222. The van der Waals surface area contributed by atoms with Crippen LogP contribution in [0.15, 0.2) is 97.5 Å². The third kappa shape index (κ3) is 4.69. The summed E-state index contributed by atoms with van der Waals surface area (Å²) in [6, 6.07) is 29.4. The molecule has 3 aromatic carbocycles. The zero-order valence-corrected chi connectivity index (χ0v) is 17.4. The SMILES string of the molecule is Cc1ccccc1C(CCC(O)c1cncn1Cc1ccccc1)c1ccccc1. The van der Waals surface area contributed by atoms with Gasteiger partial charge in [-0.05, 0) is 42.0 Å². The lowest BCUT2D eigenvalue weighted by atomic mass is 9.84. The van der Waals surface area contributed by atoms with Crippen molar-refractivity contribution in [2.75, 3.05) is 0 Å². The number of aryl methyl sites for hydroxylation is 1. The Morgan fingerprint density at radius 2 is 1.50 bits per heavy atom. The Labute approximate surface area is 178 Å². The molecular weight excluding hydrogens is 368 g/mol. The predicted octanol–water partition coefficient (Wildman–Crippen LogP) is 5.89. The van der Waals surface area contributed by atoms with Crippen molar-refractivity contribution < 1.29 is 5.11 Å². The van der Waals surface area contributed by atoms with Crippen molar-refractivity contribution in [1.82, 2.24) is 9.55 Å². The van der Waals surface area contributed by atoms with E-state index in [2.05, 4.69) is 78.6 Å². The Bertz CT molecular complexity index is 1060. The molecular formula is C27H28N2O. The molecule has 3 nitrogen and oxygen atoms in total. The standard InChI is InChI=1S/C27H28N2O/c1-21-10-8-9-15-24(21)25(23-13-6-3-7-14-23)16-17-27(30)26-18-28-20-29(26)19-22-11-4-2-5-12-22/h2-15,18,20,25,27,30H,16-17,19H2,1H3. The number of aliphatic hydroxyl groups is 1. The zero-order valence-electron chi connectivity index (χ0n) is 17.4. The number of benzene rings is 3. The predicted molar refractivity (Wildman–Crippen MR) is 121 cm³/mol. The van der Waals surface area contributed by atoms with Gasteiger partial charge >= 0.3 is 0 Å². The minimum Gasteiger partial charge on any atom is -0.387 e. The summed E-state index contributed by atoms with van der Waals surface area (Å²) in [6.07, 6.45) is 4.59. The molecule has 4 aromatic rings.